The lowest BCUT2D eigenvalue weighted by Crippen LogP contribution is -2.34. The Morgan fingerprint density at radius 1 is 1.31 bits per heavy atom. The normalized spacial score (nSPS) is 15.3. The predicted octanol–water partition coefficient (Wildman–Crippen LogP) is 4.19. The maximum Gasteiger partial charge on any atom is 0.358 e. The van der Waals surface area contributed by atoms with Gasteiger partial charge in [-0.2, -0.15) is 11.8 Å². The Balaban J connectivity index is 1.52. The van der Waals surface area contributed by atoms with Crippen molar-refractivity contribution >= 4 is 46.6 Å². The number of anilines is 1. The number of benzene rings is 1. The topological polar surface area (TPSA) is 71.1 Å². The third-order valence-electron chi connectivity index (χ3n) is 4.21. The van der Waals surface area contributed by atoms with Crippen molar-refractivity contribution in [1.82, 2.24) is 15.4 Å². The van der Waals surface area contributed by atoms with Crippen molar-refractivity contribution in [3.05, 3.63) is 39.6 Å². The Morgan fingerprint density at radius 3 is 2.65 bits per heavy atom. The lowest BCUT2D eigenvalue weighted by Gasteiger charge is -2.33. The number of rotatable bonds is 6. The van der Waals surface area contributed by atoms with Crippen LogP contribution in [0, 0.1) is 0 Å². The number of nitrogens with one attached hydrogen (secondary N) is 1. The van der Waals surface area contributed by atoms with Crippen LogP contribution >= 0.6 is 35.0 Å². The molecule has 0 radical (unpaired) electrons. The number of hydrogen-bond donors (Lipinski definition) is 1. The molecule has 0 amide bonds. The molecule has 3 rings (SSSR count). The Morgan fingerprint density at radius 2 is 2.00 bits per heavy atom. The van der Waals surface area contributed by atoms with Crippen LogP contribution in [0.3, 0.4) is 0 Å². The number of aromatic amines is 1. The van der Waals surface area contributed by atoms with Gasteiger partial charge in [-0.05, 0) is 38.0 Å². The summed E-state index contributed by atoms with van der Waals surface area (Å²) in [5.41, 5.74) is 2.06. The molecule has 0 aliphatic carbocycles. The van der Waals surface area contributed by atoms with E-state index in [-0.39, 0.29) is 0 Å². The maximum atomic E-state index is 11.9. The van der Waals surface area contributed by atoms with Gasteiger partial charge >= 0.3 is 5.97 Å². The highest BCUT2D eigenvalue weighted by Gasteiger charge is 2.23. The molecule has 1 aliphatic rings. The number of carbonyl (C=O) groups is 1. The summed E-state index contributed by atoms with van der Waals surface area (Å²) in [5.74, 6) is 0.235. The second-order valence-corrected chi connectivity index (χ2v) is 8.14. The van der Waals surface area contributed by atoms with Crippen molar-refractivity contribution in [3.8, 4) is 0 Å². The van der Waals surface area contributed by atoms with E-state index in [0.717, 1.165) is 31.6 Å². The Bertz CT molecular complexity index is 743. The molecule has 0 bridgehead atoms. The van der Waals surface area contributed by atoms with Gasteiger partial charge in [-0.15, -0.1) is 5.10 Å². The number of esters is 1. The first-order valence-corrected chi connectivity index (χ1v) is 10.3. The van der Waals surface area contributed by atoms with Gasteiger partial charge in [0.1, 0.15) is 5.69 Å². The largest absolute Gasteiger partial charge is 0.461 e. The second kappa shape index (κ2) is 8.97. The van der Waals surface area contributed by atoms with Gasteiger partial charge in [-0.25, -0.2) is 4.79 Å². The smallest absolute Gasteiger partial charge is 0.358 e. The number of carbonyl (C=O) groups excluding carboxylic acids is 1. The van der Waals surface area contributed by atoms with E-state index in [0.29, 0.717) is 39.0 Å². The highest BCUT2D eigenvalue weighted by molar-refractivity contribution is 7.99. The highest BCUT2D eigenvalue weighted by Crippen LogP contribution is 2.31. The molecule has 140 valence electrons. The zero-order valence-electron chi connectivity index (χ0n) is 14.4. The summed E-state index contributed by atoms with van der Waals surface area (Å²) < 4.78 is 5.01. The summed E-state index contributed by atoms with van der Waals surface area (Å²) in [6.45, 7) is 3.99. The molecule has 1 N–H and O–H groups in total. The van der Waals surface area contributed by atoms with E-state index < -0.39 is 5.97 Å². The van der Waals surface area contributed by atoms with Crippen LogP contribution in [0.2, 0.25) is 10.0 Å². The molecule has 1 fully saturated rings. The quantitative estimate of drug-likeness (QED) is 0.714. The summed E-state index contributed by atoms with van der Waals surface area (Å²) in [4.78, 5) is 14.2. The van der Waals surface area contributed by atoms with Crippen LogP contribution in [-0.2, 0) is 10.5 Å². The van der Waals surface area contributed by atoms with E-state index in [1.807, 2.05) is 12.1 Å². The summed E-state index contributed by atoms with van der Waals surface area (Å²) >= 11 is 14.0. The van der Waals surface area contributed by atoms with Crippen LogP contribution in [0.4, 0.5) is 5.69 Å². The SMILES string of the molecule is CCOC(=O)c1[nH]nnc1CSC1CCN(c2cc(Cl)cc(Cl)c2)CC1. The van der Waals surface area contributed by atoms with Gasteiger partial charge in [-0.1, -0.05) is 28.4 Å². The number of H-pyrrole nitrogens is 1. The summed E-state index contributed by atoms with van der Waals surface area (Å²) in [6, 6.07) is 5.64. The summed E-state index contributed by atoms with van der Waals surface area (Å²) in [7, 11) is 0. The number of piperidine rings is 1. The van der Waals surface area contributed by atoms with Gasteiger partial charge in [-0.3, -0.25) is 5.10 Å². The Labute approximate surface area is 166 Å². The van der Waals surface area contributed by atoms with Gasteiger partial charge in [0.2, 0.25) is 0 Å². The van der Waals surface area contributed by atoms with Crippen LogP contribution < -0.4 is 4.90 Å². The van der Waals surface area contributed by atoms with E-state index in [1.54, 1.807) is 24.8 Å². The number of aromatic nitrogens is 3. The third-order valence-corrected chi connectivity index (χ3v) is 6.03. The number of halogens is 2. The van der Waals surface area contributed by atoms with Crippen LogP contribution in [0.15, 0.2) is 18.2 Å². The molecule has 1 aliphatic heterocycles. The first kappa shape index (κ1) is 19.3. The molecule has 2 heterocycles. The Hall–Kier alpha value is -1.44. The molecular weight excluding hydrogens is 395 g/mol. The molecule has 2 aromatic rings. The fourth-order valence-electron chi connectivity index (χ4n) is 2.92. The van der Waals surface area contributed by atoms with E-state index in [4.69, 9.17) is 27.9 Å². The van der Waals surface area contributed by atoms with Crippen molar-refractivity contribution in [2.24, 2.45) is 0 Å². The monoisotopic (exact) mass is 414 g/mol. The van der Waals surface area contributed by atoms with E-state index in [9.17, 15) is 4.79 Å². The summed E-state index contributed by atoms with van der Waals surface area (Å²) in [5, 5.41) is 12.2. The molecule has 0 spiro atoms. The molecule has 0 atom stereocenters. The minimum Gasteiger partial charge on any atom is -0.461 e. The zero-order valence-corrected chi connectivity index (χ0v) is 16.7. The fraction of sp³-hybridized carbons (Fsp3) is 0.471. The maximum absolute atomic E-state index is 11.9. The van der Waals surface area contributed by atoms with E-state index in [2.05, 4.69) is 20.3 Å². The molecule has 9 heteroatoms. The minimum atomic E-state index is -0.402. The first-order valence-electron chi connectivity index (χ1n) is 8.46. The fourth-order valence-corrected chi connectivity index (χ4v) is 4.57. The molecular formula is C17H20Cl2N4O2S. The number of hydrogen-bond acceptors (Lipinski definition) is 6. The number of thioether (sulfide) groups is 1. The van der Waals surface area contributed by atoms with E-state index in [1.165, 1.54) is 0 Å². The molecule has 0 unspecified atom stereocenters. The minimum absolute atomic E-state index is 0.330. The lowest BCUT2D eigenvalue weighted by atomic mass is 10.1. The van der Waals surface area contributed by atoms with Crippen molar-refractivity contribution in [3.63, 3.8) is 0 Å². The van der Waals surface area contributed by atoms with Gasteiger partial charge in [0.25, 0.3) is 0 Å². The molecule has 1 aromatic carbocycles. The molecule has 0 saturated carbocycles. The van der Waals surface area contributed by atoms with Gasteiger partial charge in [0, 0.05) is 39.8 Å². The van der Waals surface area contributed by atoms with Crippen LogP contribution in [0.1, 0.15) is 35.9 Å². The highest BCUT2D eigenvalue weighted by atomic mass is 35.5. The van der Waals surface area contributed by atoms with Crippen molar-refractivity contribution in [1.29, 1.82) is 0 Å². The van der Waals surface area contributed by atoms with Gasteiger partial charge in [0.15, 0.2) is 5.69 Å². The number of nitrogens with zero attached hydrogens (tertiary/aromatic N) is 3. The van der Waals surface area contributed by atoms with Crippen LogP contribution in [0.25, 0.3) is 0 Å². The lowest BCUT2D eigenvalue weighted by molar-refractivity contribution is 0.0518. The average Bonchev–Trinajstić information content (AvgIpc) is 3.08. The van der Waals surface area contributed by atoms with Crippen LogP contribution in [0.5, 0.6) is 0 Å². The molecule has 1 aromatic heterocycles. The van der Waals surface area contributed by atoms with Gasteiger partial charge < -0.3 is 9.64 Å². The first-order chi connectivity index (χ1) is 12.6. The summed E-state index contributed by atoms with van der Waals surface area (Å²) in [6.07, 6.45) is 2.09. The average molecular weight is 415 g/mol. The van der Waals surface area contributed by atoms with Crippen LogP contribution in [-0.4, -0.2) is 46.3 Å². The zero-order chi connectivity index (χ0) is 18.5. The van der Waals surface area contributed by atoms with Crippen molar-refractivity contribution in [2.45, 2.75) is 30.8 Å². The van der Waals surface area contributed by atoms with Gasteiger partial charge in [0.05, 0.1) is 6.61 Å². The van der Waals surface area contributed by atoms with Crippen molar-refractivity contribution < 1.29 is 9.53 Å². The van der Waals surface area contributed by atoms with Crippen molar-refractivity contribution in [2.75, 3.05) is 24.6 Å². The molecule has 26 heavy (non-hydrogen) atoms. The molecule has 6 nitrogen and oxygen atoms in total. The van der Waals surface area contributed by atoms with E-state index >= 15 is 0 Å². The standard InChI is InChI=1S/C17H20Cl2N4O2S/c1-2-25-17(24)16-15(20-22-21-16)10-26-14-3-5-23(6-4-14)13-8-11(18)7-12(19)9-13/h7-9,14H,2-6,10H2,1H3,(H,20,21,22). The number of ether oxygens (including phenoxy) is 1. The Kier molecular flexibility index (Phi) is 6.67. The predicted molar refractivity (Wildman–Crippen MR) is 105 cm³/mol. The second-order valence-electron chi connectivity index (χ2n) is 5.98. The molecule has 1 saturated heterocycles. The third kappa shape index (κ3) is 4.84.